The number of nitrogens with zero attached hydrogens (tertiary/aromatic N) is 1. The van der Waals surface area contributed by atoms with Gasteiger partial charge in [-0.15, -0.1) is 13.2 Å². The van der Waals surface area contributed by atoms with Crippen molar-refractivity contribution >= 4 is 5.69 Å². The lowest BCUT2D eigenvalue weighted by Gasteiger charge is -2.12. The van der Waals surface area contributed by atoms with Crippen LogP contribution in [-0.4, -0.2) is 11.3 Å². The molecule has 0 saturated heterocycles. The van der Waals surface area contributed by atoms with E-state index in [4.69, 9.17) is 11.5 Å². The second-order valence-electron chi connectivity index (χ2n) is 2.56. The van der Waals surface area contributed by atoms with E-state index in [1.54, 1.807) is 0 Å². The van der Waals surface area contributed by atoms with Gasteiger partial charge in [-0.2, -0.15) is 4.39 Å². The number of halogens is 4. The van der Waals surface area contributed by atoms with Crippen LogP contribution in [0.15, 0.2) is 6.07 Å². The highest BCUT2D eigenvalue weighted by Crippen LogP contribution is 2.30. The van der Waals surface area contributed by atoms with Crippen molar-refractivity contribution in [1.82, 2.24) is 4.98 Å². The average molecular weight is 225 g/mol. The van der Waals surface area contributed by atoms with Gasteiger partial charge in [0.15, 0.2) is 5.75 Å². The molecule has 84 valence electrons. The molecule has 0 saturated carbocycles. The predicted octanol–water partition coefficient (Wildman–Crippen LogP) is 1.16. The summed E-state index contributed by atoms with van der Waals surface area (Å²) in [5.74, 6) is -1.97. The fourth-order valence-electron chi connectivity index (χ4n) is 0.914. The molecule has 0 spiro atoms. The first-order chi connectivity index (χ1) is 6.83. The van der Waals surface area contributed by atoms with Gasteiger partial charge in [-0.05, 0) is 0 Å². The topological polar surface area (TPSA) is 74.2 Å². The van der Waals surface area contributed by atoms with Gasteiger partial charge in [-0.25, -0.2) is 4.98 Å². The number of nitrogen functional groups attached to an aromatic ring is 1. The van der Waals surface area contributed by atoms with Crippen molar-refractivity contribution in [3.05, 3.63) is 17.7 Å². The van der Waals surface area contributed by atoms with Gasteiger partial charge in [0.25, 0.3) is 0 Å². The van der Waals surface area contributed by atoms with Crippen LogP contribution in [0.5, 0.6) is 5.75 Å². The Morgan fingerprint density at radius 3 is 2.47 bits per heavy atom. The summed E-state index contributed by atoms with van der Waals surface area (Å²) in [6, 6.07) is 0.446. The molecule has 1 rings (SSSR count). The highest BCUT2D eigenvalue weighted by atomic mass is 19.4. The summed E-state index contributed by atoms with van der Waals surface area (Å²) in [4.78, 5) is 3.22. The minimum Gasteiger partial charge on any atom is -0.403 e. The maximum atomic E-state index is 12.7. The summed E-state index contributed by atoms with van der Waals surface area (Å²) in [7, 11) is 0. The summed E-state index contributed by atoms with van der Waals surface area (Å²) in [6.45, 7) is -0.280. The van der Waals surface area contributed by atoms with Crippen LogP contribution in [0.3, 0.4) is 0 Å². The number of rotatable bonds is 2. The molecule has 4 N–H and O–H groups in total. The van der Waals surface area contributed by atoms with Crippen LogP contribution in [0.4, 0.5) is 23.2 Å². The average Bonchev–Trinajstić information content (AvgIpc) is 2.08. The summed E-state index contributed by atoms with van der Waals surface area (Å²) in [5, 5.41) is 0. The molecule has 1 aromatic heterocycles. The lowest BCUT2D eigenvalue weighted by Crippen LogP contribution is -2.19. The molecule has 1 heterocycles. The molecule has 0 amide bonds. The van der Waals surface area contributed by atoms with E-state index >= 15 is 0 Å². The number of alkyl halides is 3. The molecule has 0 aliphatic heterocycles. The Morgan fingerprint density at radius 1 is 1.40 bits per heavy atom. The molecule has 0 radical (unpaired) electrons. The van der Waals surface area contributed by atoms with Gasteiger partial charge >= 0.3 is 6.36 Å². The third kappa shape index (κ3) is 2.94. The monoisotopic (exact) mass is 225 g/mol. The Bertz CT molecular complexity index is 366. The first-order valence-electron chi connectivity index (χ1n) is 3.74. The maximum absolute atomic E-state index is 12.7. The van der Waals surface area contributed by atoms with Gasteiger partial charge in [-0.1, -0.05) is 0 Å². The van der Waals surface area contributed by atoms with E-state index in [2.05, 4.69) is 9.72 Å². The minimum absolute atomic E-state index is 0.186. The first-order valence-corrected chi connectivity index (χ1v) is 3.74. The molecule has 0 aromatic carbocycles. The van der Waals surface area contributed by atoms with Gasteiger partial charge < -0.3 is 16.2 Å². The Hall–Kier alpha value is -1.57. The Balaban J connectivity index is 3.12. The number of aromatic nitrogens is 1. The molecule has 0 unspecified atom stereocenters. The van der Waals surface area contributed by atoms with Gasteiger partial charge in [0, 0.05) is 12.6 Å². The van der Waals surface area contributed by atoms with Crippen molar-refractivity contribution in [1.29, 1.82) is 0 Å². The van der Waals surface area contributed by atoms with E-state index in [1.165, 1.54) is 0 Å². The Labute approximate surface area is 81.8 Å². The van der Waals surface area contributed by atoms with Crippen LogP contribution >= 0.6 is 0 Å². The van der Waals surface area contributed by atoms with Crippen LogP contribution in [0.2, 0.25) is 0 Å². The van der Waals surface area contributed by atoms with Crippen LogP contribution in [0, 0.1) is 5.95 Å². The van der Waals surface area contributed by atoms with Crippen molar-refractivity contribution in [3.8, 4) is 5.75 Å². The predicted molar refractivity (Wildman–Crippen MR) is 43.2 cm³/mol. The van der Waals surface area contributed by atoms with Gasteiger partial charge in [0.05, 0.1) is 11.4 Å². The van der Waals surface area contributed by atoms with E-state index in [1.807, 2.05) is 0 Å². The van der Waals surface area contributed by atoms with Crippen LogP contribution in [-0.2, 0) is 6.54 Å². The number of ether oxygens (including phenoxy) is 1. The third-order valence-corrected chi connectivity index (χ3v) is 1.49. The third-order valence-electron chi connectivity index (χ3n) is 1.49. The molecule has 0 bridgehead atoms. The van der Waals surface area contributed by atoms with Gasteiger partial charge in [-0.3, -0.25) is 0 Å². The van der Waals surface area contributed by atoms with E-state index in [0.717, 1.165) is 0 Å². The van der Waals surface area contributed by atoms with Crippen molar-refractivity contribution in [2.75, 3.05) is 5.73 Å². The van der Waals surface area contributed by atoms with E-state index in [9.17, 15) is 17.6 Å². The van der Waals surface area contributed by atoms with Crippen molar-refractivity contribution in [2.24, 2.45) is 5.73 Å². The molecule has 0 aliphatic carbocycles. The lowest BCUT2D eigenvalue weighted by molar-refractivity contribution is -0.274. The second kappa shape index (κ2) is 3.89. The summed E-state index contributed by atoms with van der Waals surface area (Å²) >= 11 is 0. The minimum atomic E-state index is -4.94. The zero-order valence-electron chi connectivity index (χ0n) is 7.31. The number of nitrogens with two attached hydrogens (primary N) is 2. The zero-order chi connectivity index (χ0) is 11.6. The van der Waals surface area contributed by atoms with Crippen molar-refractivity contribution in [3.63, 3.8) is 0 Å². The van der Waals surface area contributed by atoms with Crippen molar-refractivity contribution < 1.29 is 22.3 Å². The standard InChI is InChI=1S/C7H7F4N3O/c8-5-1-4(15-7(9,10)11)6(13)3(2-12)14-5/h1H,2,12-13H2. The highest BCUT2D eigenvalue weighted by Gasteiger charge is 2.32. The summed E-state index contributed by atoms with van der Waals surface area (Å²) < 4.78 is 51.7. The number of pyridine rings is 1. The van der Waals surface area contributed by atoms with E-state index < -0.39 is 23.7 Å². The number of anilines is 1. The molecular formula is C7H7F4N3O. The smallest absolute Gasteiger partial charge is 0.403 e. The van der Waals surface area contributed by atoms with E-state index in [-0.39, 0.29) is 12.2 Å². The van der Waals surface area contributed by atoms with Gasteiger partial charge in [0.1, 0.15) is 0 Å². The fraction of sp³-hybridized carbons (Fsp3) is 0.286. The van der Waals surface area contributed by atoms with Crippen LogP contribution in [0.1, 0.15) is 5.69 Å². The molecule has 8 heteroatoms. The second-order valence-corrected chi connectivity index (χ2v) is 2.56. The Morgan fingerprint density at radius 2 is 2.00 bits per heavy atom. The summed E-state index contributed by atoms with van der Waals surface area (Å²) in [5.41, 5.74) is 9.74. The summed E-state index contributed by atoms with van der Waals surface area (Å²) in [6.07, 6.45) is -4.94. The lowest BCUT2D eigenvalue weighted by atomic mass is 10.3. The van der Waals surface area contributed by atoms with Crippen LogP contribution < -0.4 is 16.2 Å². The van der Waals surface area contributed by atoms with Gasteiger partial charge in [0.2, 0.25) is 5.95 Å². The first kappa shape index (κ1) is 11.5. The molecular weight excluding hydrogens is 218 g/mol. The Kier molecular flexibility index (Phi) is 2.98. The molecule has 4 nitrogen and oxygen atoms in total. The highest BCUT2D eigenvalue weighted by molar-refractivity contribution is 5.55. The SMILES string of the molecule is NCc1nc(F)cc(OC(F)(F)F)c1N. The molecule has 15 heavy (non-hydrogen) atoms. The molecule has 0 atom stereocenters. The number of hydrogen-bond donors (Lipinski definition) is 2. The van der Waals surface area contributed by atoms with E-state index in [0.29, 0.717) is 6.07 Å². The normalized spacial score (nSPS) is 11.5. The quantitative estimate of drug-likeness (QED) is 0.585. The molecule has 0 fully saturated rings. The molecule has 0 aliphatic rings. The maximum Gasteiger partial charge on any atom is 0.573 e. The molecule has 1 aromatic rings. The van der Waals surface area contributed by atoms with Crippen molar-refractivity contribution in [2.45, 2.75) is 12.9 Å². The number of hydrogen-bond acceptors (Lipinski definition) is 4. The fourth-order valence-corrected chi connectivity index (χ4v) is 0.914. The largest absolute Gasteiger partial charge is 0.573 e. The zero-order valence-corrected chi connectivity index (χ0v) is 7.31. The van der Waals surface area contributed by atoms with Crippen LogP contribution in [0.25, 0.3) is 0 Å².